The number of carbonyl (C=O) groups excluding carboxylic acids is 4. The van der Waals surface area contributed by atoms with E-state index >= 15 is 0 Å². The summed E-state index contributed by atoms with van der Waals surface area (Å²) in [6.07, 6.45) is 6.55. The second-order valence-corrected chi connectivity index (χ2v) is 26.1. The molecule has 5 aromatic rings. The molecule has 2 saturated heterocycles. The van der Waals surface area contributed by atoms with E-state index in [0.717, 1.165) is 57.8 Å². The maximum absolute atomic E-state index is 14.0. The number of fused-ring (bicyclic) bond motifs is 1. The number of nitrogens with one attached hydrogen (secondary N) is 4. The number of rotatable bonds is 28. The van der Waals surface area contributed by atoms with Crippen molar-refractivity contribution in [1.29, 1.82) is 5.41 Å². The topological polar surface area (TPSA) is 319 Å². The van der Waals surface area contributed by atoms with Crippen molar-refractivity contribution in [3.05, 3.63) is 131 Å². The second kappa shape index (κ2) is 31.0. The highest BCUT2D eigenvalue weighted by Crippen LogP contribution is 2.35. The smallest absolute Gasteiger partial charge is 0.326 e. The van der Waals surface area contributed by atoms with Gasteiger partial charge in [0.05, 0.1) is 15.6 Å². The fraction of sp³-hybridized carbons (Fsp3) is 0.429. The molecule has 4 atom stereocenters. The van der Waals surface area contributed by atoms with Crippen LogP contribution >= 0.6 is 0 Å². The number of nitrogens with two attached hydrogens (primary N) is 1. The number of Topliss-reactive ketones (excluding diaryl/α,β-unsaturated/α-hetero) is 1. The van der Waals surface area contributed by atoms with E-state index in [1.807, 2.05) is 37.2 Å². The highest BCUT2D eigenvalue weighted by Gasteiger charge is 2.42. The number of carbonyl (C=O) groups is 6. The highest BCUT2D eigenvalue weighted by atomic mass is 32.2. The quantitative estimate of drug-likeness (QED) is 0.0146. The Morgan fingerprint density at radius 3 is 1.71 bits per heavy atom. The van der Waals surface area contributed by atoms with E-state index in [4.69, 9.17) is 11.1 Å². The molecule has 86 heavy (non-hydrogen) atoms. The molecule has 0 bridgehead atoms. The van der Waals surface area contributed by atoms with E-state index in [2.05, 4.69) is 20.9 Å². The van der Waals surface area contributed by atoms with Gasteiger partial charge in [-0.15, -0.1) is 0 Å². The zero-order valence-corrected chi connectivity index (χ0v) is 51.4. The number of sulfonamides is 2. The van der Waals surface area contributed by atoms with Gasteiger partial charge in [-0.1, -0.05) is 73.2 Å². The number of unbranched alkanes of at least 4 members (excludes halogenated alkanes) is 2. The number of carboxylic acid groups (broad SMARTS) is 2. The van der Waals surface area contributed by atoms with Crippen molar-refractivity contribution < 1.29 is 55.8 Å². The number of aryl methyl sites for hydroxylation is 2. The van der Waals surface area contributed by atoms with E-state index in [-0.39, 0.29) is 60.3 Å². The van der Waals surface area contributed by atoms with E-state index in [1.54, 1.807) is 113 Å². The van der Waals surface area contributed by atoms with Crippen LogP contribution in [0, 0.1) is 19.3 Å². The third-order valence-corrected chi connectivity index (χ3v) is 18.8. The lowest BCUT2D eigenvalue weighted by atomic mass is 10.00. The summed E-state index contributed by atoms with van der Waals surface area (Å²) in [5.41, 5.74) is 11.3. The number of amides is 3. The number of benzene rings is 5. The zero-order valence-electron chi connectivity index (χ0n) is 49.8. The first-order valence-electron chi connectivity index (χ1n) is 28.9. The molecule has 0 aromatic heterocycles. The molecule has 4 unspecified atom stereocenters. The van der Waals surface area contributed by atoms with Crippen molar-refractivity contribution in [3.63, 3.8) is 0 Å². The summed E-state index contributed by atoms with van der Waals surface area (Å²) in [4.78, 5) is 81.4. The molecule has 0 spiro atoms. The van der Waals surface area contributed by atoms with Crippen molar-refractivity contribution >= 4 is 89.2 Å². The van der Waals surface area contributed by atoms with E-state index in [0.29, 0.717) is 78.8 Å². The summed E-state index contributed by atoms with van der Waals surface area (Å²) >= 11 is 0. The predicted octanol–water partition coefficient (Wildman–Crippen LogP) is 7.34. The Hall–Kier alpha value is -7.86. The summed E-state index contributed by atoms with van der Waals surface area (Å²) < 4.78 is 57.0. The monoisotopic (exact) mass is 1220 g/mol. The van der Waals surface area contributed by atoms with E-state index < -0.39 is 68.0 Å². The largest absolute Gasteiger partial charge is 0.480 e. The first-order chi connectivity index (χ1) is 40.7. The Bertz CT molecular complexity index is 3500. The molecule has 5 aromatic carbocycles. The predicted molar refractivity (Wildman–Crippen MR) is 333 cm³/mol. The minimum Gasteiger partial charge on any atom is -0.480 e. The SMILES string of the molecule is CC(=N)CCCCCC(=O)Cc1ccc(CC(NC(=O)C2CCCN2S(=O)(=O)c2cccc3c(N(C)C)cccc23)C(=O)O)cc1.CC(N)=NCCCC(=O)Nc1ccc(CC(NC(=O)C2CCCN2S(=O)(=O)c2cc(C)cc(C)c2)C(=O)O)cc1. The first-order valence-corrected chi connectivity index (χ1v) is 31.8. The number of anilines is 2. The van der Waals surface area contributed by atoms with Gasteiger partial charge >= 0.3 is 11.9 Å². The van der Waals surface area contributed by atoms with Crippen molar-refractivity contribution in [1.82, 2.24) is 19.2 Å². The van der Waals surface area contributed by atoms with E-state index in [1.165, 1.54) is 4.31 Å². The summed E-state index contributed by atoms with van der Waals surface area (Å²) in [6, 6.07) is 24.8. The van der Waals surface area contributed by atoms with Crippen LogP contribution in [0.1, 0.15) is 112 Å². The summed E-state index contributed by atoms with van der Waals surface area (Å²) in [7, 11) is -4.24. The maximum atomic E-state index is 14.0. The summed E-state index contributed by atoms with van der Waals surface area (Å²) in [6.45, 7) is 7.88. The molecule has 3 amide bonds. The van der Waals surface area contributed by atoms with Gasteiger partial charge in [-0.25, -0.2) is 26.4 Å². The number of hydrogen-bond donors (Lipinski definition) is 7. The number of aliphatic carboxylic acids is 2. The fourth-order valence-corrected chi connectivity index (χ4v) is 14.4. The molecular formula is C63H81N9O12S2. The Kier molecular flexibility index (Phi) is 24.2. The molecule has 2 aliphatic rings. The summed E-state index contributed by atoms with van der Waals surface area (Å²) in [5, 5.41) is 36.4. The third kappa shape index (κ3) is 18.8. The van der Waals surface area contributed by atoms with Gasteiger partial charge in [-0.2, -0.15) is 8.61 Å². The van der Waals surface area contributed by atoms with Gasteiger partial charge in [0.25, 0.3) is 0 Å². The zero-order chi connectivity index (χ0) is 62.9. The maximum Gasteiger partial charge on any atom is 0.326 e. The van der Waals surface area contributed by atoms with Crippen LogP contribution in [-0.2, 0) is 68.1 Å². The van der Waals surface area contributed by atoms with Gasteiger partial charge in [0.2, 0.25) is 37.8 Å². The molecule has 2 aliphatic heterocycles. The van der Waals surface area contributed by atoms with Gasteiger partial charge in [0.15, 0.2) is 0 Å². The van der Waals surface area contributed by atoms with E-state index in [9.17, 15) is 55.8 Å². The second-order valence-electron chi connectivity index (χ2n) is 22.3. The van der Waals surface area contributed by atoms with Crippen LogP contribution in [0.5, 0.6) is 0 Å². The van der Waals surface area contributed by atoms with Crippen molar-refractivity contribution in [3.8, 4) is 0 Å². The normalized spacial score (nSPS) is 16.3. The van der Waals surface area contributed by atoms with Gasteiger partial charge in [-0.05, 0) is 143 Å². The van der Waals surface area contributed by atoms with Crippen LogP contribution in [0.3, 0.4) is 0 Å². The van der Waals surface area contributed by atoms with Crippen LogP contribution in [0.4, 0.5) is 11.4 Å². The van der Waals surface area contributed by atoms with Crippen molar-refractivity contribution in [2.45, 2.75) is 152 Å². The average molecular weight is 1220 g/mol. The number of nitrogens with zero attached hydrogens (tertiary/aromatic N) is 4. The van der Waals surface area contributed by atoms with Gasteiger partial charge in [0.1, 0.15) is 30.0 Å². The van der Waals surface area contributed by atoms with Crippen LogP contribution in [-0.4, -0.2) is 141 Å². The first kappa shape index (κ1) is 67.3. The standard InChI is InChI=1S/C35H44N4O6S.C28H37N5O6S/c1-24(36)10-5-4-6-11-27(40)22-25-17-19-26(20-18-25)23-30(35(42)43)37-34(41)32-15-9-21-39(32)46(44,45)33-16-8-12-28-29(33)13-7-14-31(28)38(2)3;1-18-14-19(2)16-23(15-18)40(38,39)33-13-5-6-25(33)27(35)32-24(28(36)37)17-21-8-10-22(11-9-21)31-26(34)7-4-12-30-20(3)29/h7-8,12-14,16-20,30,32,36H,4-6,9-11,15,21-23H2,1-3H3,(H,37,41)(H,42,43);8-11,14-16,24-25H,4-7,12-13,17H2,1-3H3,(H2,29,30)(H,31,34)(H,32,35)(H,36,37). The van der Waals surface area contributed by atoms with Crippen LogP contribution in [0.2, 0.25) is 0 Å². The Morgan fingerprint density at radius 1 is 0.663 bits per heavy atom. The van der Waals surface area contributed by atoms with Gasteiger partial charge in [-0.3, -0.25) is 24.2 Å². The lowest BCUT2D eigenvalue weighted by molar-refractivity contribution is -0.142. The molecule has 23 heteroatoms. The van der Waals surface area contributed by atoms with Gasteiger partial charge in [0, 0.05) is 93.7 Å². The Balaban J connectivity index is 0.000000278. The number of aliphatic imine (C=N–C) groups is 1. The molecule has 0 radical (unpaired) electrons. The van der Waals surface area contributed by atoms with Crippen molar-refractivity contribution in [2.75, 3.05) is 43.9 Å². The molecule has 21 nitrogen and oxygen atoms in total. The van der Waals surface area contributed by atoms with Gasteiger partial charge < -0.3 is 42.2 Å². The lowest BCUT2D eigenvalue weighted by Gasteiger charge is -2.26. The Morgan fingerprint density at radius 2 is 1.17 bits per heavy atom. The third-order valence-electron chi connectivity index (χ3n) is 14.9. The molecule has 2 fully saturated rings. The average Bonchev–Trinajstić information content (AvgIpc) is 1.49. The minimum atomic E-state index is -4.07. The lowest BCUT2D eigenvalue weighted by Crippen LogP contribution is -2.51. The number of hydrogen-bond acceptors (Lipinski definition) is 13. The minimum absolute atomic E-state index is 0.0116. The molecule has 462 valence electrons. The number of amidine groups is 1. The fourth-order valence-electron chi connectivity index (χ4n) is 10.7. The molecular weight excluding hydrogens is 1140 g/mol. The molecule has 0 saturated carbocycles. The van der Waals surface area contributed by atoms with Crippen LogP contribution in [0.25, 0.3) is 10.8 Å². The molecule has 7 rings (SSSR count). The number of carboxylic acids is 2. The molecule has 2 heterocycles. The van der Waals surface area contributed by atoms with Crippen LogP contribution in [0.15, 0.2) is 118 Å². The summed E-state index contributed by atoms with van der Waals surface area (Å²) in [5.74, 6) is -3.31. The number of ketones is 1. The molecule has 8 N–H and O–H groups in total. The molecule has 0 aliphatic carbocycles. The van der Waals surface area contributed by atoms with Crippen molar-refractivity contribution in [2.24, 2.45) is 10.7 Å². The Labute approximate surface area is 504 Å². The highest BCUT2D eigenvalue weighted by molar-refractivity contribution is 7.89. The van der Waals surface area contributed by atoms with Crippen LogP contribution < -0.4 is 26.6 Å².